The molecule has 1 aromatic carbocycles. The van der Waals surface area contributed by atoms with Crippen molar-refractivity contribution in [2.45, 2.75) is 65.7 Å². The first-order chi connectivity index (χ1) is 17.2. The monoisotopic (exact) mass is 488 g/mol. The van der Waals surface area contributed by atoms with E-state index in [4.69, 9.17) is 14.4 Å². The highest BCUT2D eigenvalue weighted by Crippen LogP contribution is 2.32. The summed E-state index contributed by atoms with van der Waals surface area (Å²) in [6, 6.07) is 6.61. The molecule has 9 heteroatoms. The summed E-state index contributed by atoms with van der Waals surface area (Å²) in [5.74, 6) is 3.52. The molecule has 1 aliphatic rings. The summed E-state index contributed by atoms with van der Waals surface area (Å²) >= 11 is 0. The molecule has 36 heavy (non-hydrogen) atoms. The van der Waals surface area contributed by atoms with Crippen molar-refractivity contribution in [2.24, 2.45) is 13.0 Å². The minimum Gasteiger partial charge on any atom is -0.426 e. The summed E-state index contributed by atoms with van der Waals surface area (Å²) in [4.78, 5) is 16.7. The quantitative estimate of drug-likeness (QED) is 0.393. The van der Waals surface area contributed by atoms with Crippen LogP contribution in [0.4, 0.5) is 17.5 Å². The first kappa shape index (κ1) is 24.2. The first-order valence-corrected chi connectivity index (χ1v) is 12.8. The van der Waals surface area contributed by atoms with E-state index in [1.165, 1.54) is 11.1 Å². The van der Waals surface area contributed by atoms with Gasteiger partial charge in [-0.15, -0.1) is 10.2 Å². The SMILES string of the molecule is Cc1nnc(CCC2CCN(c3nc(Nc4cc(C(C)(C)C)ccc4C)c4c(ncn4C)n3)CC2)o1. The summed E-state index contributed by atoms with van der Waals surface area (Å²) in [7, 11) is 1.98. The Morgan fingerprint density at radius 2 is 1.86 bits per heavy atom. The van der Waals surface area contributed by atoms with E-state index in [-0.39, 0.29) is 5.41 Å². The minimum atomic E-state index is 0.0650. The van der Waals surface area contributed by atoms with Crippen LogP contribution in [0.25, 0.3) is 11.2 Å². The molecule has 0 saturated carbocycles. The van der Waals surface area contributed by atoms with Crippen molar-refractivity contribution in [2.75, 3.05) is 23.3 Å². The van der Waals surface area contributed by atoms with Gasteiger partial charge in [0.05, 0.1) is 6.33 Å². The second-order valence-electron chi connectivity index (χ2n) is 11.0. The third-order valence-electron chi connectivity index (χ3n) is 7.15. The summed E-state index contributed by atoms with van der Waals surface area (Å²) in [6.07, 6.45) is 5.88. The maximum absolute atomic E-state index is 5.54. The van der Waals surface area contributed by atoms with Crippen LogP contribution in [0.15, 0.2) is 28.9 Å². The molecule has 4 heterocycles. The molecule has 0 radical (unpaired) electrons. The average molecular weight is 489 g/mol. The van der Waals surface area contributed by atoms with Crippen molar-refractivity contribution < 1.29 is 4.42 Å². The van der Waals surface area contributed by atoms with Gasteiger partial charge in [-0.2, -0.15) is 9.97 Å². The second kappa shape index (κ2) is 9.52. The molecule has 190 valence electrons. The van der Waals surface area contributed by atoms with E-state index >= 15 is 0 Å². The van der Waals surface area contributed by atoms with Gasteiger partial charge in [0.1, 0.15) is 5.52 Å². The van der Waals surface area contributed by atoms with E-state index in [0.29, 0.717) is 17.5 Å². The number of hydrogen-bond acceptors (Lipinski definition) is 8. The van der Waals surface area contributed by atoms with Crippen LogP contribution in [-0.2, 0) is 18.9 Å². The number of rotatable bonds is 6. The lowest BCUT2D eigenvalue weighted by molar-refractivity contribution is 0.360. The molecule has 0 spiro atoms. The van der Waals surface area contributed by atoms with Crippen molar-refractivity contribution in [3.05, 3.63) is 47.4 Å². The Morgan fingerprint density at radius 1 is 1.08 bits per heavy atom. The summed E-state index contributed by atoms with van der Waals surface area (Å²) in [5.41, 5.74) is 5.20. The first-order valence-electron chi connectivity index (χ1n) is 12.8. The van der Waals surface area contributed by atoms with Gasteiger partial charge in [0.2, 0.25) is 17.7 Å². The van der Waals surface area contributed by atoms with Gasteiger partial charge >= 0.3 is 0 Å². The summed E-state index contributed by atoms with van der Waals surface area (Å²) < 4.78 is 7.52. The molecule has 4 aromatic rings. The van der Waals surface area contributed by atoms with Crippen LogP contribution in [0.5, 0.6) is 0 Å². The Morgan fingerprint density at radius 3 is 2.56 bits per heavy atom. The molecular weight excluding hydrogens is 452 g/mol. The van der Waals surface area contributed by atoms with Gasteiger partial charge < -0.3 is 19.2 Å². The van der Waals surface area contributed by atoms with Gasteiger partial charge in [-0.1, -0.05) is 32.9 Å². The van der Waals surface area contributed by atoms with E-state index < -0.39 is 0 Å². The molecule has 3 aromatic heterocycles. The van der Waals surface area contributed by atoms with Crippen molar-refractivity contribution in [1.82, 2.24) is 29.7 Å². The zero-order valence-corrected chi connectivity index (χ0v) is 22.2. The number of nitrogens with one attached hydrogen (secondary N) is 1. The molecule has 9 nitrogen and oxygen atoms in total. The van der Waals surface area contributed by atoms with E-state index in [9.17, 15) is 0 Å². The average Bonchev–Trinajstić information content (AvgIpc) is 3.44. The van der Waals surface area contributed by atoms with Gasteiger partial charge in [0, 0.05) is 39.2 Å². The van der Waals surface area contributed by atoms with E-state index in [1.54, 1.807) is 6.33 Å². The topological polar surface area (TPSA) is 97.8 Å². The predicted octanol–water partition coefficient (Wildman–Crippen LogP) is 5.25. The Labute approximate surface area is 212 Å². The third kappa shape index (κ3) is 5.05. The fraction of sp³-hybridized carbons (Fsp3) is 0.519. The lowest BCUT2D eigenvalue weighted by Gasteiger charge is -2.32. The van der Waals surface area contributed by atoms with Crippen LogP contribution < -0.4 is 10.2 Å². The Bertz CT molecular complexity index is 1360. The van der Waals surface area contributed by atoms with Crippen molar-refractivity contribution in [3.8, 4) is 0 Å². The molecule has 0 amide bonds. The zero-order chi connectivity index (χ0) is 25.4. The normalized spacial score (nSPS) is 15.1. The van der Waals surface area contributed by atoms with Crippen LogP contribution in [0.1, 0.15) is 62.9 Å². The maximum atomic E-state index is 5.54. The molecular formula is C27H36N8O. The molecule has 0 aliphatic carbocycles. The van der Waals surface area contributed by atoms with Gasteiger partial charge in [0.15, 0.2) is 11.5 Å². The number of piperidine rings is 1. The highest BCUT2D eigenvalue weighted by molar-refractivity contribution is 5.87. The lowest BCUT2D eigenvalue weighted by Crippen LogP contribution is -2.35. The Hall–Kier alpha value is -3.49. The predicted molar refractivity (Wildman–Crippen MR) is 142 cm³/mol. The zero-order valence-electron chi connectivity index (χ0n) is 22.2. The van der Waals surface area contributed by atoms with Crippen LogP contribution in [0, 0.1) is 19.8 Å². The van der Waals surface area contributed by atoms with E-state index in [0.717, 1.165) is 67.6 Å². The lowest BCUT2D eigenvalue weighted by atomic mass is 9.86. The molecule has 1 fully saturated rings. The van der Waals surface area contributed by atoms with Gasteiger partial charge in [-0.05, 0) is 54.7 Å². The van der Waals surface area contributed by atoms with Crippen molar-refractivity contribution >= 4 is 28.6 Å². The number of imidazole rings is 1. The molecule has 1 saturated heterocycles. The van der Waals surface area contributed by atoms with Crippen molar-refractivity contribution in [1.29, 1.82) is 0 Å². The number of benzene rings is 1. The Balaban J connectivity index is 1.35. The second-order valence-corrected chi connectivity index (χ2v) is 11.0. The standard InChI is InChI=1S/C27H36N8O/c1-17-7-9-20(27(3,4)5)15-21(17)29-25-23-24(28-16-34(23)6)30-26(31-25)35-13-11-19(12-14-35)8-10-22-33-32-18(2)36-22/h7,9,15-16,19H,8,10-14H2,1-6H3,(H,29,30,31). The molecule has 0 bridgehead atoms. The molecule has 0 unspecified atom stereocenters. The smallest absolute Gasteiger partial charge is 0.229 e. The number of anilines is 3. The van der Waals surface area contributed by atoms with Crippen molar-refractivity contribution in [3.63, 3.8) is 0 Å². The number of aromatic nitrogens is 6. The number of aryl methyl sites for hydroxylation is 4. The van der Waals surface area contributed by atoms with Gasteiger partial charge in [-0.3, -0.25) is 0 Å². The number of hydrogen-bond donors (Lipinski definition) is 1. The molecule has 1 aliphatic heterocycles. The van der Waals surface area contributed by atoms with E-state index in [2.05, 4.69) is 71.3 Å². The minimum absolute atomic E-state index is 0.0650. The number of nitrogens with zero attached hydrogens (tertiary/aromatic N) is 7. The fourth-order valence-corrected chi connectivity index (χ4v) is 4.81. The Kier molecular flexibility index (Phi) is 6.40. The summed E-state index contributed by atoms with van der Waals surface area (Å²) in [5, 5.41) is 11.7. The molecule has 1 N–H and O–H groups in total. The van der Waals surface area contributed by atoms with Crippen LogP contribution >= 0.6 is 0 Å². The third-order valence-corrected chi connectivity index (χ3v) is 7.15. The molecule has 5 rings (SSSR count). The molecule has 0 atom stereocenters. The number of fused-ring (bicyclic) bond motifs is 1. The van der Waals surface area contributed by atoms with Crippen LogP contribution in [0.3, 0.4) is 0 Å². The highest BCUT2D eigenvalue weighted by Gasteiger charge is 2.24. The fourth-order valence-electron chi connectivity index (χ4n) is 4.81. The highest BCUT2D eigenvalue weighted by atomic mass is 16.4. The van der Waals surface area contributed by atoms with Crippen LogP contribution in [0.2, 0.25) is 0 Å². The van der Waals surface area contributed by atoms with Crippen LogP contribution in [-0.4, -0.2) is 42.8 Å². The van der Waals surface area contributed by atoms with E-state index in [1.807, 2.05) is 18.5 Å². The largest absolute Gasteiger partial charge is 0.426 e. The van der Waals surface area contributed by atoms with Gasteiger partial charge in [0.25, 0.3) is 0 Å². The summed E-state index contributed by atoms with van der Waals surface area (Å²) in [6.45, 7) is 12.5. The van der Waals surface area contributed by atoms with Gasteiger partial charge in [-0.25, -0.2) is 4.98 Å². The maximum Gasteiger partial charge on any atom is 0.229 e.